The summed E-state index contributed by atoms with van der Waals surface area (Å²) in [7, 11) is 0. The van der Waals surface area contributed by atoms with Gasteiger partial charge in [-0.05, 0) is 157 Å². The van der Waals surface area contributed by atoms with Gasteiger partial charge in [-0.1, -0.05) is 103 Å². The molecule has 18 heteroatoms. The van der Waals surface area contributed by atoms with Crippen molar-refractivity contribution in [3.63, 3.8) is 0 Å². The molecule has 0 radical (unpaired) electrons. The summed E-state index contributed by atoms with van der Waals surface area (Å²) in [6, 6.07) is 86.4. The molecular formula is C76H50N18. The zero-order valence-corrected chi connectivity index (χ0v) is 49.9. The van der Waals surface area contributed by atoms with Crippen LogP contribution in [0, 0.1) is 0 Å². The van der Waals surface area contributed by atoms with E-state index in [2.05, 4.69) is 116 Å². The van der Waals surface area contributed by atoms with Gasteiger partial charge < -0.3 is 8.80 Å². The predicted octanol–water partition coefficient (Wildman–Crippen LogP) is 14.9. The van der Waals surface area contributed by atoms with Crippen molar-refractivity contribution in [2.24, 2.45) is 0 Å². The molecule has 18 aromatic rings. The van der Waals surface area contributed by atoms with Gasteiger partial charge in [-0.15, -0.1) is 15.3 Å². The summed E-state index contributed by atoms with van der Waals surface area (Å²) < 4.78 is 10.5. The zero-order valence-electron chi connectivity index (χ0n) is 49.9. The number of hydrazine groups is 1. The Hall–Kier alpha value is -12.9. The number of nitrogens with one attached hydrogen (secondary N) is 2. The van der Waals surface area contributed by atoms with E-state index in [1.807, 2.05) is 184 Å². The second-order valence-electron chi connectivity index (χ2n) is 23.1. The average molecular weight is 1220 g/mol. The van der Waals surface area contributed by atoms with Gasteiger partial charge in [-0.3, -0.25) is 30.3 Å². The van der Waals surface area contributed by atoms with E-state index < -0.39 is 0 Å². The largest absolute Gasteiger partial charge is 0.305 e. The minimum absolute atomic E-state index is 0.288. The molecule has 0 bridgehead atoms. The minimum Gasteiger partial charge on any atom is -0.305 e. The zero-order chi connectivity index (χ0) is 61.8. The van der Waals surface area contributed by atoms with Gasteiger partial charge in [-0.25, -0.2) is 34.4 Å². The molecule has 19 rings (SSSR count). The minimum atomic E-state index is -0.330. The lowest BCUT2D eigenvalue weighted by atomic mass is 10.0. The van der Waals surface area contributed by atoms with Gasteiger partial charge in [0.15, 0.2) is 34.9 Å². The lowest BCUT2D eigenvalue weighted by Crippen LogP contribution is -2.34. The van der Waals surface area contributed by atoms with Crippen LogP contribution in [0.15, 0.2) is 280 Å². The molecule has 2 N–H and O–H groups in total. The van der Waals surface area contributed by atoms with Gasteiger partial charge in [0.25, 0.3) is 0 Å². The summed E-state index contributed by atoms with van der Waals surface area (Å²) in [6.07, 6.45) is 6.59. The number of rotatable bonds is 12. The van der Waals surface area contributed by atoms with Crippen LogP contribution in [-0.2, 0) is 0 Å². The van der Waals surface area contributed by atoms with Gasteiger partial charge in [0.1, 0.15) is 29.4 Å². The Balaban J connectivity index is 0.899. The lowest BCUT2D eigenvalue weighted by molar-refractivity contribution is 0.549. The lowest BCUT2D eigenvalue weighted by Gasteiger charge is -2.25. The van der Waals surface area contributed by atoms with Crippen molar-refractivity contribution in [1.82, 2.24) is 83.8 Å². The summed E-state index contributed by atoms with van der Waals surface area (Å²) >= 11 is 0. The van der Waals surface area contributed by atoms with Crippen LogP contribution in [-0.4, -0.2) is 73.0 Å². The van der Waals surface area contributed by atoms with Crippen LogP contribution in [0.5, 0.6) is 0 Å². The van der Waals surface area contributed by atoms with Crippen LogP contribution in [0.1, 0.15) is 23.6 Å². The van der Waals surface area contributed by atoms with Crippen LogP contribution >= 0.6 is 0 Å². The van der Waals surface area contributed by atoms with Gasteiger partial charge >= 0.3 is 0 Å². The van der Waals surface area contributed by atoms with E-state index in [1.165, 1.54) is 0 Å². The quantitative estimate of drug-likeness (QED) is 0.110. The molecule has 0 amide bonds. The molecule has 0 aliphatic carbocycles. The van der Waals surface area contributed by atoms with Gasteiger partial charge in [0.2, 0.25) is 0 Å². The van der Waals surface area contributed by atoms with Crippen molar-refractivity contribution in [3.05, 3.63) is 291 Å². The molecule has 1 aliphatic rings. The first-order chi connectivity index (χ1) is 46.6. The summed E-state index contributed by atoms with van der Waals surface area (Å²) in [5.41, 5.74) is 19.8. The molecule has 11 heterocycles. The normalized spacial score (nSPS) is 14.3. The number of hydrogen-bond donors (Lipinski definition) is 2. The number of aromatic nitrogens is 15. The Morgan fingerprint density at radius 1 is 0.340 bits per heavy atom. The Morgan fingerprint density at radius 3 is 1.22 bits per heavy atom. The smallest absolute Gasteiger partial charge is 0.182 e. The van der Waals surface area contributed by atoms with E-state index >= 15 is 0 Å². The van der Waals surface area contributed by atoms with Crippen LogP contribution in [0.2, 0.25) is 0 Å². The molecule has 18 nitrogen and oxygen atoms in total. The fourth-order valence-corrected chi connectivity index (χ4v) is 13.6. The summed E-state index contributed by atoms with van der Waals surface area (Å²) in [4.78, 5) is 35.4. The first kappa shape index (κ1) is 53.0. The van der Waals surface area contributed by atoms with Gasteiger partial charge in [0, 0.05) is 63.0 Å². The molecule has 0 spiro atoms. The van der Waals surface area contributed by atoms with Crippen molar-refractivity contribution in [1.29, 1.82) is 0 Å². The molecule has 1 saturated heterocycles. The molecule has 2 unspecified atom stereocenters. The maximum Gasteiger partial charge on any atom is 0.182 e. The molecule has 10 aromatic heterocycles. The first-order valence-electron chi connectivity index (χ1n) is 31.0. The topological polar surface area (TPSA) is 180 Å². The van der Waals surface area contributed by atoms with Crippen molar-refractivity contribution >= 4 is 60.3 Å². The van der Waals surface area contributed by atoms with Crippen LogP contribution in [0.4, 0.5) is 5.69 Å². The molecule has 1 aliphatic heterocycles. The number of benzene rings is 8. The SMILES string of the molecule is c1ccc(N2NC(c3ccc4c(c3)c3c(-c5nc(-c6ccccn6)n(-c6ccccc6)n5)ccc5c3n4c3ccc(-c4nc(-c6ccccn6)n(-c6ccccc6)n4)c4c6cc(-c7nc(-c8ccccn8)n(-c8ccccc8)n7)ccc6n5c43)NC2c2ccccn2)cc1. The third kappa shape index (κ3) is 8.44. The standard InChI is InChI=1S/C76H50N18/c1-5-21-49(22-6-1)91-73(57-29-13-17-41-77-57)81-69(85-91)47-33-37-61-55(45-47)65-53(71-83-75(59-31-15-19-43-79-59)93(87-71)51-25-9-3-10-26-51)35-39-63-67(65)89(61)64-40-36-54(72-84-76(60-32-16-20-44-80-60)94(88-72)52-27-11-4-12-28-52)66-56-46-48(34-38-62(56)90(63)68(64)66)70-82-74(58-30-14-18-42-78-58)92(86-70)50-23-7-2-8-24-50/h1-46,69,73,81,85H. The number of hydrogen-bond acceptors (Lipinski definition) is 13. The molecule has 444 valence electrons. The fraction of sp³-hybridized carbons (Fsp3) is 0.0263. The third-order valence-corrected chi connectivity index (χ3v) is 17.7. The molecule has 8 aromatic carbocycles. The molecule has 0 saturated carbocycles. The second kappa shape index (κ2) is 21.4. The maximum atomic E-state index is 5.46. The third-order valence-electron chi connectivity index (χ3n) is 17.7. The van der Waals surface area contributed by atoms with E-state index in [-0.39, 0.29) is 12.3 Å². The monoisotopic (exact) mass is 1210 g/mol. The van der Waals surface area contributed by atoms with Gasteiger partial charge in [-0.2, -0.15) is 0 Å². The number of fused-ring (bicyclic) bond motifs is 8. The Morgan fingerprint density at radius 2 is 0.755 bits per heavy atom. The van der Waals surface area contributed by atoms with Crippen LogP contribution in [0.25, 0.3) is 140 Å². The number of para-hydroxylation sites is 4. The van der Waals surface area contributed by atoms with Crippen LogP contribution in [0.3, 0.4) is 0 Å². The van der Waals surface area contributed by atoms with E-state index in [0.717, 1.165) is 105 Å². The fourth-order valence-electron chi connectivity index (χ4n) is 13.6. The van der Waals surface area contributed by atoms with Crippen molar-refractivity contribution in [2.45, 2.75) is 12.3 Å². The maximum absolute atomic E-state index is 5.46. The Bertz CT molecular complexity index is 5640. The van der Waals surface area contributed by atoms with Crippen molar-refractivity contribution in [2.75, 3.05) is 5.01 Å². The molecule has 94 heavy (non-hydrogen) atoms. The van der Waals surface area contributed by atoms with Gasteiger partial charge in [0.05, 0.1) is 61.5 Å². The summed E-state index contributed by atoms with van der Waals surface area (Å²) in [5.74, 6) is 3.48. The van der Waals surface area contributed by atoms with E-state index in [0.29, 0.717) is 52.0 Å². The highest BCUT2D eigenvalue weighted by Crippen LogP contribution is 2.48. The summed E-state index contributed by atoms with van der Waals surface area (Å²) in [6.45, 7) is 0. The number of nitrogens with zero attached hydrogens (tertiary/aromatic N) is 16. The Kier molecular flexibility index (Phi) is 12.1. The average Bonchev–Trinajstić information content (AvgIpc) is 1.51. The molecule has 1 fully saturated rings. The predicted molar refractivity (Wildman–Crippen MR) is 365 cm³/mol. The highest BCUT2D eigenvalue weighted by atomic mass is 15.7. The number of anilines is 1. The van der Waals surface area contributed by atoms with E-state index in [4.69, 9.17) is 50.2 Å². The van der Waals surface area contributed by atoms with Crippen molar-refractivity contribution < 1.29 is 0 Å². The molecular weight excluding hydrogens is 1160 g/mol. The van der Waals surface area contributed by atoms with E-state index in [9.17, 15) is 0 Å². The molecule has 2 atom stereocenters. The second-order valence-corrected chi connectivity index (χ2v) is 23.1. The highest BCUT2D eigenvalue weighted by molar-refractivity contribution is 6.26. The highest BCUT2D eigenvalue weighted by Gasteiger charge is 2.36. The summed E-state index contributed by atoms with van der Waals surface area (Å²) in [5, 5.41) is 26.1. The number of pyridine rings is 4. The van der Waals surface area contributed by atoms with E-state index in [1.54, 1.807) is 18.6 Å². The Labute approximate surface area is 535 Å². The first-order valence-corrected chi connectivity index (χ1v) is 31.0. The van der Waals surface area contributed by atoms with Crippen LogP contribution < -0.4 is 15.8 Å². The van der Waals surface area contributed by atoms with Crippen molar-refractivity contribution in [3.8, 4) is 85.8 Å².